The molecule has 0 aliphatic rings. The Morgan fingerprint density at radius 1 is 1.15 bits per heavy atom. The molecule has 1 unspecified atom stereocenters. The second kappa shape index (κ2) is 15.4. The van der Waals surface area contributed by atoms with E-state index in [1.807, 2.05) is 0 Å². The molecule has 0 aromatic carbocycles. The third-order valence-electron chi connectivity index (χ3n) is 5.19. The van der Waals surface area contributed by atoms with Crippen molar-refractivity contribution in [3.63, 3.8) is 0 Å². The van der Waals surface area contributed by atoms with E-state index in [1.54, 1.807) is 19.1 Å². The van der Waals surface area contributed by atoms with Crippen LogP contribution in [0.25, 0.3) is 0 Å². The molecular weight excluding hydrogens is 440 g/mol. The summed E-state index contributed by atoms with van der Waals surface area (Å²) in [7, 11) is 0. The number of carbonyl (C=O) groups is 4. The minimum absolute atomic E-state index is 0.00212. The summed E-state index contributed by atoms with van der Waals surface area (Å²) in [6.45, 7) is 7.72. The van der Waals surface area contributed by atoms with Crippen LogP contribution in [0.3, 0.4) is 0 Å². The Balaban J connectivity index is 2.81. The van der Waals surface area contributed by atoms with E-state index in [9.17, 15) is 24.0 Å². The van der Waals surface area contributed by atoms with Crippen molar-refractivity contribution in [2.45, 2.75) is 66.0 Å². The van der Waals surface area contributed by atoms with Crippen molar-refractivity contribution in [3.05, 3.63) is 40.8 Å². The number of amides is 3. The monoisotopic (exact) mass is 476 g/mol. The smallest absolute Gasteiger partial charge is 0.330 e. The zero-order valence-electron chi connectivity index (χ0n) is 20.4. The quantitative estimate of drug-likeness (QED) is 0.276. The lowest BCUT2D eigenvalue weighted by Crippen LogP contribution is -2.44. The maximum absolute atomic E-state index is 12.8. The Morgan fingerprint density at radius 2 is 1.85 bits per heavy atom. The maximum atomic E-state index is 12.8. The van der Waals surface area contributed by atoms with Gasteiger partial charge in [0, 0.05) is 25.7 Å². The summed E-state index contributed by atoms with van der Waals surface area (Å²) in [5, 5.41) is 7.91. The van der Waals surface area contributed by atoms with Crippen molar-refractivity contribution in [2.24, 2.45) is 5.92 Å². The first-order chi connectivity index (χ1) is 16.2. The van der Waals surface area contributed by atoms with Crippen molar-refractivity contribution in [2.75, 3.05) is 18.5 Å². The number of hydrogen-bond acceptors (Lipinski definition) is 6. The molecule has 3 amide bonds. The van der Waals surface area contributed by atoms with Crippen molar-refractivity contribution < 1.29 is 23.9 Å². The molecule has 1 heterocycles. The van der Waals surface area contributed by atoms with Crippen LogP contribution in [0.4, 0.5) is 5.69 Å². The van der Waals surface area contributed by atoms with Crippen molar-refractivity contribution in [3.8, 4) is 0 Å². The van der Waals surface area contributed by atoms with Crippen molar-refractivity contribution in [1.29, 1.82) is 0 Å². The van der Waals surface area contributed by atoms with E-state index in [2.05, 4.69) is 29.8 Å². The van der Waals surface area contributed by atoms with Crippen molar-refractivity contribution >= 4 is 29.4 Å². The lowest BCUT2D eigenvalue weighted by atomic mass is 10.0. The molecular formula is C24H36N4O6. The van der Waals surface area contributed by atoms with E-state index >= 15 is 0 Å². The van der Waals surface area contributed by atoms with Crippen LogP contribution in [0.5, 0.6) is 0 Å². The Labute approximate surface area is 200 Å². The third kappa shape index (κ3) is 10.5. The number of ether oxygens (including phenoxy) is 1. The van der Waals surface area contributed by atoms with Gasteiger partial charge in [0.15, 0.2) is 0 Å². The zero-order chi connectivity index (χ0) is 25.5. The molecule has 0 saturated heterocycles. The molecule has 1 rings (SSSR count). The fourth-order valence-corrected chi connectivity index (χ4v) is 3.17. The molecule has 1 aromatic rings. The van der Waals surface area contributed by atoms with Gasteiger partial charge in [0.05, 0.1) is 6.61 Å². The summed E-state index contributed by atoms with van der Waals surface area (Å²) in [5.41, 5.74) is -0.532. The SMILES string of the molecule is CCOC(=O)C=CCCC(NC(C)=O)C(=O)Nc1cccn(CC(=O)NCC(CC)CC)c1=O. The highest BCUT2D eigenvalue weighted by atomic mass is 16.5. The second-order valence-corrected chi connectivity index (χ2v) is 7.82. The molecule has 34 heavy (non-hydrogen) atoms. The van der Waals surface area contributed by atoms with Crippen LogP contribution in [0.15, 0.2) is 35.3 Å². The number of anilines is 1. The molecule has 1 atom stereocenters. The predicted octanol–water partition coefficient (Wildman–Crippen LogP) is 1.74. The lowest BCUT2D eigenvalue weighted by Gasteiger charge is -2.17. The van der Waals surface area contributed by atoms with Crippen LogP contribution in [0, 0.1) is 5.92 Å². The van der Waals surface area contributed by atoms with E-state index in [1.165, 1.54) is 29.8 Å². The average Bonchev–Trinajstić information content (AvgIpc) is 2.79. The van der Waals surface area contributed by atoms with Gasteiger partial charge in [-0.05, 0) is 37.8 Å². The first-order valence-corrected chi connectivity index (χ1v) is 11.6. The molecule has 188 valence electrons. The Kier molecular flexibility index (Phi) is 13.0. The number of nitrogens with zero attached hydrogens (tertiary/aromatic N) is 1. The predicted molar refractivity (Wildman–Crippen MR) is 129 cm³/mol. The highest BCUT2D eigenvalue weighted by Crippen LogP contribution is 2.06. The number of carbonyl (C=O) groups excluding carboxylic acids is 4. The summed E-state index contributed by atoms with van der Waals surface area (Å²) >= 11 is 0. The molecule has 0 spiro atoms. The van der Waals surface area contributed by atoms with Gasteiger partial charge < -0.3 is 25.3 Å². The standard InChI is InChI=1S/C24H36N4O6/c1-5-18(6-2)15-25-21(30)16-28-14-10-12-20(24(28)33)27-23(32)19(26-17(4)29)11-8-9-13-22(31)34-7-3/h9-10,12-14,18-19H,5-8,11,15-16H2,1-4H3,(H,25,30)(H,26,29)(H,27,32). The molecule has 0 aliphatic heterocycles. The summed E-state index contributed by atoms with van der Waals surface area (Å²) in [6, 6.07) is 2.08. The van der Waals surface area contributed by atoms with Crippen LogP contribution in [0.2, 0.25) is 0 Å². The van der Waals surface area contributed by atoms with Gasteiger partial charge in [-0.25, -0.2) is 4.79 Å². The Morgan fingerprint density at radius 3 is 2.47 bits per heavy atom. The van der Waals surface area contributed by atoms with Gasteiger partial charge >= 0.3 is 5.97 Å². The molecule has 10 nitrogen and oxygen atoms in total. The van der Waals surface area contributed by atoms with Crippen molar-refractivity contribution in [1.82, 2.24) is 15.2 Å². The molecule has 0 saturated carbocycles. The molecule has 1 aromatic heterocycles. The topological polar surface area (TPSA) is 136 Å². The normalized spacial score (nSPS) is 11.8. The van der Waals surface area contributed by atoms with Gasteiger partial charge in [-0.3, -0.25) is 19.2 Å². The van der Waals surface area contributed by atoms with Gasteiger partial charge in [-0.2, -0.15) is 0 Å². The van der Waals surface area contributed by atoms with E-state index < -0.39 is 29.4 Å². The minimum atomic E-state index is -0.916. The highest BCUT2D eigenvalue weighted by molar-refractivity contribution is 5.96. The number of allylic oxidation sites excluding steroid dienone is 1. The minimum Gasteiger partial charge on any atom is -0.463 e. The fourth-order valence-electron chi connectivity index (χ4n) is 3.17. The number of rotatable bonds is 14. The number of hydrogen-bond donors (Lipinski definition) is 3. The fraction of sp³-hybridized carbons (Fsp3) is 0.542. The molecule has 0 bridgehead atoms. The molecule has 10 heteroatoms. The van der Waals surface area contributed by atoms with E-state index in [0.717, 1.165) is 12.8 Å². The van der Waals surface area contributed by atoms with Crippen LogP contribution in [-0.4, -0.2) is 47.5 Å². The third-order valence-corrected chi connectivity index (χ3v) is 5.19. The largest absolute Gasteiger partial charge is 0.463 e. The Hall–Kier alpha value is -3.43. The van der Waals surface area contributed by atoms with Gasteiger partial charge in [0.2, 0.25) is 17.7 Å². The second-order valence-electron chi connectivity index (χ2n) is 7.82. The number of nitrogens with one attached hydrogen (secondary N) is 3. The number of pyridine rings is 1. The molecule has 3 N–H and O–H groups in total. The Bertz CT molecular complexity index is 920. The zero-order valence-corrected chi connectivity index (χ0v) is 20.4. The molecule has 0 radical (unpaired) electrons. The highest BCUT2D eigenvalue weighted by Gasteiger charge is 2.20. The summed E-state index contributed by atoms with van der Waals surface area (Å²) in [5.74, 6) is -1.38. The maximum Gasteiger partial charge on any atom is 0.330 e. The first-order valence-electron chi connectivity index (χ1n) is 11.6. The first kappa shape index (κ1) is 28.6. The summed E-state index contributed by atoms with van der Waals surface area (Å²) < 4.78 is 6.01. The van der Waals surface area contributed by atoms with Crippen LogP contribution in [-0.2, 0) is 30.5 Å². The van der Waals surface area contributed by atoms with Gasteiger partial charge in [0.25, 0.3) is 5.56 Å². The average molecular weight is 477 g/mol. The van der Waals surface area contributed by atoms with E-state index in [-0.39, 0.29) is 31.2 Å². The summed E-state index contributed by atoms with van der Waals surface area (Å²) in [4.78, 5) is 60.7. The van der Waals surface area contributed by atoms with Crippen LogP contribution >= 0.6 is 0 Å². The number of esters is 1. The van der Waals surface area contributed by atoms with E-state index in [4.69, 9.17) is 4.74 Å². The number of aromatic nitrogens is 1. The van der Waals surface area contributed by atoms with Gasteiger partial charge in [0.1, 0.15) is 18.3 Å². The van der Waals surface area contributed by atoms with Gasteiger partial charge in [-0.15, -0.1) is 0 Å². The van der Waals surface area contributed by atoms with Crippen LogP contribution in [0.1, 0.15) is 53.4 Å². The lowest BCUT2D eigenvalue weighted by molar-refractivity contribution is -0.137. The summed E-state index contributed by atoms with van der Waals surface area (Å²) in [6.07, 6.45) is 6.72. The van der Waals surface area contributed by atoms with E-state index in [0.29, 0.717) is 18.9 Å². The molecule has 0 aliphatic carbocycles. The molecule has 0 fully saturated rings. The van der Waals surface area contributed by atoms with Crippen LogP contribution < -0.4 is 21.5 Å². The van der Waals surface area contributed by atoms with Gasteiger partial charge in [-0.1, -0.05) is 32.8 Å².